The molecule has 606 valence electrons. The molecule has 1 aliphatic carbocycles. The number of aromatic nitrogens is 10. The average Bonchev–Trinajstić information content (AvgIpc) is 1.56. The van der Waals surface area contributed by atoms with Gasteiger partial charge in [0.25, 0.3) is 0 Å². The molecule has 0 aliphatic heterocycles. The van der Waals surface area contributed by atoms with Gasteiger partial charge in [0.2, 0.25) is 11.9 Å². The molecule has 13 heteroatoms. The lowest BCUT2D eigenvalue weighted by Crippen LogP contribution is -2.15. The molecular weight excluding hydrogens is 1630 g/mol. The van der Waals surface area contributed by atoms with Crippen molar-refractivity contribution >= 4 is 160 Å². The van der Waals surface area contributed by atoms with Crippen molar-refractivity contribution in [3.63, 3.8) is 0 Å². The van der Waals surface area contributed by atoms with E-state index in [4.69, 9.17) is 34.9 Å². The molecule has 0 bridgehead atoms. The van der Waals surface area contributed by atoms with Crippen molar-refractivity contribution in [2.75, 3.05) is 0 Å². The summed E-state index contributed by atoms with van der Waals surface area (Å²) in [5.74, 6) is 3.34. The highest BCUT2D eigenvalue weighted by molar-refractivity contribution is 7.27. The molecular formula is C116H74N10S3. The minimum atomic E-state index is -0.229. The van der Waals surface area contributed by atoms with Crippen LogP contribution in [0.4, 0.5) is 0 Å². The van der Waals surface area contributed by atoms with Crippen LogP contribution in [0.3, 0.4) is 0 Å². The lowest BCUT2D eigenvalue weighted by atomic mass is 9.81. The van der Waals surface area contributed by atoms with E-state index in [9.17, 15) is 0 Å². The summed E-state index contributed by atoms with van der Waals surface area (Å²) in [5.41, 5.74) is 23.9. The van der Waals surface area contributed by atoms with Gasteiger partial charge >= 0.3 is 0 Å². The highest BCUT2D eigenvalue weighted by atomic mass is 32.1. The van der Waals surface area contributed by atoms with Gasteiger partial charge in [0.1, 0.15) is 0 Å². The Kier molecular flexibility index (Phi) is 18.0. The van der Waals surface area contributed by atoms with Gasteiger partial charge in [0, 0.05) is 143 Å². The zero-order valence-electron chi connectivity index (χ0n) is 70.0. The van der Waals surface area contributed by atoms with Crippen molar-refractivity contribution < 1.29 is 0 Å². The van der Waals surface area contributed by atoms with Gasteiger partial charge in [-0.3, -0.25) is 9.13 Å². The van der Waals surface area contributed by atoms with Crippen LogP contribution < -0.4 is 0 Å². The van der Waals surface area contributed by atoms with E-state index in [0.717, 1.165) is 89.6 Å². The third-order valence-electron chi connectivity index (χ3n) is 25.5. The molecule has 27 rings (SSSR count). The predicted octanol–water partition coefficient (Wildman–Crippen LogP) is 31.2. The van der Waals surface area contributed by atoms with E-state index in [1.807, 2.05) is 119 Å². The predicted molar refractivity (Wildman–Crippen MR) is 541 cm³/mol. The average molecular weight is 1700 g/mol. The monoisotopic (exact) mass is 1700 g/mol. The summed E-state index contributed by atoms with van der Waals surface area (Å²) in [4.78, 5) is 35.6. The van der Waals surface area contributed by atoms with Gasteiger partial charge in [0.05, 0.1) is 55.9 Å². The number of rotatable bonds is 10. The Hall–Kier alpha value is -16.0. The first-order chi connectivity index (χ1) is 63.7. The van der Waals surface area contributed by atoms with Crippen molar-refractivity contribution in [2.24, 2.45) is 0 Å². The third kappa shape index (κ3) is 12.8. The number of fused-ring (bicyclic) bond motifs is 22. The minimum absolute atomic E-state index is 0.229. The molecule has 129 heavy (non-hydrogen) atoms. The molecule has 17 aromatic carbocycles. The number of hydrogen-bond donors (Lipinski definition) is 0. The molecule has 9 heterocycles. The van der Waals surface area contributed by atoms with E-state index in [2.05, 4.69) is 355 Å². The second-order valence-corrected chi connectivity index (χ2v) is 36.6. The van der Waals surface area contributed by atoms with Gasteiger partial charge < -0.3 is 4.57 Å². The zero-order chi connectivity index (χ0) is 85.4. The van der Waals surface area contributed by atoms with Crippen molar-refractivity contribution in [1.82, 2.24) is 48.6 Å². The second kappa shape index (κ2) is 30.7. The Balaban J connectivity index is 0.000000107. The summed E-state index contributed by atoms with van der Waals surface area (Å²) in [6.07, 6.45) is 0. The lowest BCUT2D eigenvalue weighted by Gasteiger charge is -2.23. The smallest absolute Gasteiger partial charge is 0.238 e. The highest BCUT2D eigenvalue weighted by Gasteiger charge is 2.37. The molecule has 0 atom stereocenters. The first-order valence-electron chi connectivity index (χ1n) is 43.4. The van der Waals surface area contributed by atoms with Crippen molar-refractivity contribution in [2.45, 2.75) is 19.3 Å². The van der Waals surface area contributed by atoms with Crippen LogP contribution in [0, 0.1) is 0 Å². The maximum Gasteiger partial charge on any atom is 0.238 e. The van der Waals surface area contributed by atoms with Crippen LogP contribution in [0.2, 0.25) is 0 Å². The van der Waals surface area contributed by atoms with Gasteiger partial charge in [-0.25, -0.2) is 24.9 Å². The first kappa shape index (κ1) is 75.5. The summed E-state index contributed by atoms with van der Waals surface area (Å²) in [6, 6.07) is 146. The van der Waals surface area contributed by atoms with Crippen LogP contribution >= 0.6 is 34.0 Å². The van der Waals surface area contributed by atoms with E-state index in [0.29, 0.717) is 23.5 Å². The van der Waals surface area contributed by atoms with Gasteiger partial charge in [-0.15, -0.1) is 34.0 Å². The fourth-order valence-electron chi connectivity index (χ4n) is 19.4. The molecule has 1 aliphatic rings. The number of nitrogens with zero attached hydrogens (tertiary/aromatic N) is 10. The molecule has 0 N–H and O–H groups in total. The molecule has 0 saturated carbocycles. The molecule has 26 aromatic rings. The maximum absolute atomic E-state index is 5.15. The Bertz CT molecular complexity index is 8480. The van der Waals surface area contributed by atoms with E-state index in [-0.39, 0.29) is 5.41 Å². The van der Waals surface area contributed by atoms with Crippen LogP contribution in [0.5, 0.6) is 0 Å². The second-order valence-electron chi connectivity index (χ2n) is 33.4. The molecule has 0 fully saturated rings. The standard InChI is InChI=1S/C49H33N3S.C34H21N3S.C33H20N4S/c1-49(2)39-27-32(48-50-41(30-13-5-3-6-14-30)29-42(51-48)31-15-7-4-8-16-31)21-23-34(39)35-24-22-33(28-40(35)49)52-43-19-11-9-18-38(43)46-44(52)26-25-37-36-17-10-12-20-45(36)53-47(37)46;1-3-11-22(12-4-1)28-20-29(23-13-5-2-6-14-23)36-34(35-28)37-30-17-9-7-15-24(30)26-19-27-25-16-8-10-18-32(25)38-33(27)21-31(26)37;1-3-11-21(12-4-1)31-34-32(22-13-5-2-6-14-22)36-33(35-31)37-27-17-9-7-15-23(27)25-19-26-24-16-8-10-18-29(24)38-30(26)20-28(25)37/h3-29H,1-2H3;1-21H;1-20H. The normalized spacial score (nSPS) is 12.3. The number of hydrogen-bond acceptors (Lipinski definition) is 10. The van der Waals surface area contributed by atoms with Crippen molar-refractivity contribution in [1.29, 1.82) is 0 Å². The molecule has 0 spiro atoms. The summed E-state index contributed by atoms with van der Waals surface area (Å²) in [5, 5.41) is 15.3. The van der Waals surface area contributed by atoms with E-state index < -0.39 is 0 Å². The topological polar surface area (TPSA) is 105 Å². The number of para-hydroxylation sites is 3. The molecule has 9 aromatic heterocycles. The Labute approximate surface area is 753 Å². The Morgan fingerprint density at radius 2 is 0.574 bits per heavy atom. The number of thiophene rings is 3. The fraction of sp³-hybridized carbons (Fsp3) is 0.0259. The van der Waals surface area contributed by atoms with E-state index in [1.165, 1.54) is 132 Å². The van der Waals surface area contributed by atoms with Gasteiger partial charge in [-0.2, -0.15) is 9.97 Å². The van der Waals surface area contributed by atoms with E-state index in [1.54, 1.807) is 0 Å². The van der Waals surface area contributed by atoms with Crippen LogP contribution in [-0.2, 0) is 5.41 Å². The summed E-state index contributed by atoms with van der Waals surface area (Å²) < 4.78 is 14.7. The van der Waals surface area contributed by atoms with Crippen LogP contribution in [0.15, 0.2) is 413 Å². The molecule has 0 radical (unpaired) electrons. The van der Waals surface area contributed by atoms with Crippen LogP contribution in [0.1, 0.15) is 25.0 Å². The first-order valence-corrected chi connectivity index (χ1v) is 45.8. The summed E-state index contributed by atoms with van der Waals surface area (Å²) in [7, 11) is 0. The highest BCUT2D eigenvalue weighted by Crippen LogP contribution is 2.53. The number of benzene rings is 17. The lowest BCUT2D eigenvalue weighted by molar-refractivity contribution is 0.660. The van der Waals surface area contributed by atoms with Gasteiger partial charge in [-0.1, -0.05) is 329 Å². The van der Waals surface area contributed by atoms with Gasteiger partial charge in [-0.05, 0) is 119 Å². The van der Waals surface area contributed by atoms with E-state index >= 15 is 0 Å². The minimum Gasteiger partial charge on any atom is -0.309 e. The van der Waals surface area contributed by atoms with Crippen molar-refractivity contribution in [3.8, 4) is 108 Å². The van der Waals surface area contributed by atoms with Crippen LogP contribution in [0.25, 0.3) is 234 Å². The quantitative estimate of drug-likeness (QED) is 0.134. The Morgan fingerprint density at radius 1 is 0.209 bits per heavy atom. The molecule has 0 unspecified atom stereocenters. The maximum atomic E-state index is 5.15. The summed E-state index contributed by atoms with van der Waals surface area (Å²) in [6.45, 7) is 4.71. The fourth-order valence-corrected chi connectivity index (χ4v) is 22.9. The largest absolute Gasteiger partial charge is 0.309 e. The Morgan fingerprint density at radius 3 is 1.05 bits per heavy atom. The molecule has 0 amide bonds. The molecule has 10 nitrogen and oxygen atoms in total. The van der Waals surface area contributed by atoms with Crippen molar-refractivity contribution in [3.05, 3.63) is 424 Å². The molecule has 0 saturated heterocycles. The zero-order valence-corrected chi connectivity index (χ0v) is 72.4. The SMILES string of the molecule is CC1(C)c2cc(-c3nc(-c4ccccc4)cc(-c4ccccc4)n3)ccc2-c2ccc(-n3c4ccccc4c4c5sc6ccccc6c5ccc43)cc21.c1ccc(-c2cc(-c3ccccc3)nc(-n3c4ccccc4c4cc5c(cc43)sc3ccccc35)n2)cc1.c1ccc(-c2nc(-c3ccccc3)nc(-n3c4ccccc4c4cc5c(cc43)sc3ccccc35)n2)cc1. The van der Waals surface area contributed by atoms with Crippen LogP contribution in [-0.4, -0.2) is 48.6 Å². The third-order valence-corrected chi connectivity index (χ3v) is 29.0. The van der Waals surface area contributed by atoms with Gasteiger partial charge in [0.15, 0.2) is 17.5 Å². The summed E-state index contributed by atoms with van der Waals surface area (Å²) >= 11 is 5.56.